The third kappa shape index (κ3) is 4.54. The fourth-order valence-corrected chi connectivity index (χ4v) is 2.75. The van der Waals surface area contributed by atoms with Crippen LogP contribution in [0.15, 0.2) is 68.4 Å². The number of hydrogen-bond acceptors (Lipinski definition) is 3. The molecule has 114 valence electrons. The lowest BCUT2D eigenvalue weighted by molar-refractivity contribution is 0.414. The Hall–Kier alpha value is -1.92. The Bertz CT molecular complexity index is 779. The standard InChI is InChI=1S/C16H14BrNO3S/c1-21-15-8-10-16(11-9-15)22(19,20)18-12-2-3-13-4-6-14(17)7-5-13/h2-12H,1H3. The highest BCUT2D eigenvalue weighted by Crippen LogP contribution is 2.17. The lowest BCUT2D eigenvalue weighted by Crippen LogP contribution is -1.96. The van der Waals surface area contributed by atoms with Crippen molar-refractivity contribution >= 4 is 38.2 Å². The number of methoxy groups -OCH3 is 1. The molecular formula is C16H14BrNO3S. The van der Waals surface area contributed by atoms with Crippen molar-refractivity contribution in [3.8, 4) is 5.75 Å². The molecule has 0 radical (unpaired) electrons. The number of benzene rings is 2. The zero-order chi connectivity index (χ0) is 16.0. The molecule has 0 saturated carbocycles. The molecule has 2 aromatic carbocycles. The Morgan fingerprint density at radius 1 is 1.05 bits per heavy atom. The van der Waals surface area contributed by atoms with Gasteiger partial charge in [-0.1, -0.05) is 34.1 Å². The first-order valence-corrected chi connectivity index (χ1v) is 8.61. The number of allylic oxidation sites excluding steroid dienone is 1. The summed E-state index contributed by atoms with van der Waals surface area (Å²) in [5, 5.41) is 0. The summed E-state index contributed by atoms with van der Waals surface area (Å²) >= 11 is 3.35. The van der Waals surface area contributed by atoms with Crippen molar-refractivity contribution < 1.29 is 13.2 Å². The SMILES string of the molecule is COc1ccc(S(=O)(=O)N=CC=Cc2ccc(Br)cc2)cc1. The molecule has 0 heterocycles. The number of hydrogen-bond donors (Lipinski definition) is 0. The van der Waals surface area contributed by atoms with Crippen LogP contribution in [0.4, 0.5) is 0 Å². The molecule has 0 atom stereocenters. The van der Waals surface area contributed by atoms with Gasteiger partial charge >= 0.3 is 0 Å². The van der Waals surface area contributed by atoms with Gasteiger partial charge in [0.15, 0.2) is 0 Å². The average molecular weight is 380 g/mol. The van der Waals surface area contributed by atoms with Gasteiger partial charge in [0.05, 0.1) is 12.0 Å². The molecule has 4 nitrogen and oxygen atoms in total. The fraction of sp³-hybridized carbons (Fsp3) is 0.0625. The van der Waals surface area contributed by atoms with Crippen molar-refractivity contribution in [3.05, 3.63) is 64.6 Å². The van der Waals surface area contributed by atoms with E-state index in [1.54, 1.807) is 24.3 Å². The molecule has 0 aliphatic heterocycles. The summed E-state index contributed by atoms with van der Waals surface area (Å²) in [4.78, 5) is 0.126. The van der Waals surface area contributed by atoms with Gasteiger partial charge in [0.25, 0.3) is 10.0 Å². The molecule has 0 bridgehead atoms. The molecule has 0 spiro atoms. The van der Waals surface area contributed by atoms with E-state index in [0.717, 1.165) is 10.0 Å². The average Bonchev–Trinajstić information content (AvgIpc) is 2.53. The largest absolute Gasteiger partial charge is 0.497 e. The van der Waals surface area contributed by atoms with Crippen molar-refractivity contribution in [1.82, 2.24) is 0 Å². The molecule has 0 aromatic heterocycles. The number of rotatable bonds is 5. The third-order valence-corrected chi connectivity index (χ3v) is 4.60. The van der Waals surface area contributed by atoms with E-state index in [0.29, 0.717) is 5.75 Å². The molecule has 22 heavy (non-hydrogen) atoms. The van der Waals surface area contributed by atoms with E-state index in [1.807, 2.05) is 24.3 Å². The smallest absolute Gasteiger partial charge is 0.282 e. The Balaban J connectivity index is 2.08. The van der Waals surface area contributed by atoms with E-state index in [9.17, 15) is 8.42 Å². The van der Waals surface area contributed by atoms with Crippen LogP contribution in [-0.4, -0.2) is 21.7 Å². The second kappa shape index (κ2) is 7.38. The van der Waals surface area contributed by atoms with Crippen molar-refractivity contribution in [2.24, 2.45) is 4.40 Å². The molecule has 0 aliphatic rings. The van der Waals surface area contributed by atoms with Crippen LogP contribution in [0.5, 0.6) is 5.75 Å². The summed E-state index contributed by atoms with van der Waals surface area (Å²) in [5.74, 6) is 0.595. The van der Waals surface area contributed by atoms with Gasteiger partial charge < -0.3 is 4.74 Å². The van der Waals surface area contributed by atoms with Crippen molar-refractivity contribution in [2.45, 2.75) is 4.90 Å². The van der Waals surface area contributed by atoms with E-state index in [4.69, 9.17) is 4.74 Å². The Morgan fingerprint density at radius 2 is 1.68 bits per heavy atom. The fourth-order valence-electron chi connectivity index (χ4n) is 1.65. The van der Waals surface area contributed by atoms with Crippen LogP contribution in [0.2, 0.25) is 0 Å². The minimum atomic E-state index is -3.69. The molecule has 6 heteroatoms. The van der Waals surface area contributed by atoms with Crippen LogP contribution in [0, 0.1) is 0 Å². The Morgan fingerprint density at radius 3 is 2.27 bits per heavy atom. The molecular weight excluding hydrogens is 366 g/mol. The predicted octanol–water partition coefficient (Wildman–Crippen LogP) is 3.93. The normalized spacial score (nSPS) is 12.1. The number of ether oxygens (including phenoxy) is 1. The number of halogens is 1. The lowest BCUT2D eigenvalue weighted by Gasteiger charge is -2.00. The van der Waals surface area contributed by atoms with E-state index < -0.39 is 10.0 Å². The second-order valence-corrected chi connectivity index (χ2v) is 6.86. The van der Waals surface area contributed by atoms with Gasteiger partial charge in [0, 0.05) is 10.7 Å². The topological polar surface area (TPSA) is 55.7 Å². The zero-order valence-electron chi connectivity index (χ0n) is 11.8. The molecule has 0 saturated heterocycles. The summed E-state index contributed by atoms with van der Waals surface area (Å²) in [7, 11) is -2.17. The van der Waals surface area contributed by atoms with E-state index >= 15 is 0 Å². The van der Waals surface area contributed by atoms with Crippen LogP contribution in [0.1, 0.15) is 5.56 Å². The first kappa shape index (κ1) is 16.5. The molecule has 0 amide bonds. The van der Waals surface area contributed by atoms with Gasteiger partial charge in [-0.3, -0.25) is 0 Å². The molecule has 0 fully saturated rings. The zero-order valence-corrected chi connectivity index (χ0v) is 14.2. The minimum Gasteiger partial charge on any atom is -0.497 e. The van der Waals surface area contributed by atoms with Crippen LogP contribution in [0.25, 0.3) is 6.08 Å². The maximum absolute atomic E-state index is 12.0. The van der Waals surface area contributed by atoms with Gasteiger partial charge in [-0.15, -0.1) is 0 Å². The first-order valence-electron chi connectivity index (χ1n) is 6.38. The van der Waals surface area contributed by atoms with E-state index in [2.05, 4.69) is 20.3 Å². The highest BCUT2D eigenvalue weighted by molar-refractivity contribution is 9.10. The molecule has 0 unspecified atom stereocenters. The third-order valence-electron chi connectivity index (χ3n) is 2.80. The monoisotopic (exact) mass is 379 g/mol. The van der Waals surface area contributed by atoms with Crippen LogP contribution in [-0.2, 0) is 10.0 Å². The van der Waals surface area contributed by atoms with Crippen molar-refractivity contribution in [3.63, 3.8) is 0 Å². The molecule has 0 N–H and O–H groups in total. The number of sulfonamides is 1. The lowest BCUT2D eigenvalue weighted by atomic mass is 10.2. The number of nitrogens with zero attached hydrogens (tertiary/aromatic N) is 1. The van der Waals surface area contributed by atoms with Gasteiger partial charge in [-0.25, -0.2) is 0 Å². The van der Waals surface area contributed by atoms with Gasteiger partial charge in [0.1, 0.15) is 5.75 Å². The van der Waals surface area contributed by atoms with Gasteiger partial charge in [0.2, 0.25) is 0 Å². The summed E-state index contributed by atoms with van der Waals surface area (Å²) in [6.45, 7) is 0. The second-order valence-electron chi connectivity index (χ2n) is 4.32. The van der Waals surface area contributed by atoms with E-state index in [1.165, 1.54) is 25.5 Å². The molecule has 2 rings (SSSR count). The maximum atomic E-state index is 12.0. The molecule has 2 aromatic rings. The summed E-state index contributed by atoms with van der Waals surface area (Å²) < 4.78 is 33.6. The summed E-state index contributed by atoms with van der Waals surface area (Å²) in [6, 6.07) is 13.7. The van der Waals surface area contributed by atoms with Crippen LogP contribution < -0.4 is 4.74 Å². The highest BCUT2D eigenvalue weighted by atomic mass is 79.9. The summed E-state index contributed by atoms with van der Waals surface area (Å²) in [6.07, 6.45) is 4.63. The van der Waals surface area contributed by atoms with Crippen molar-refractivity contribution in [2.75, 3.05) is 7.11 Å². The quantitative estimate of drug-likeness (QED) is 0.739. The van der Waals surface area contributed by atoms with Crippen molar-refractivity contribution in [1.29, 1.82) is 0 Å². The van der Waals surface area contributed by atoms with Gasteiger partial charge in [-0.2, -0.15) is 12.8 Å². The first-order chi connectivity index (χ1) is 10.5. The Labute approximate surface area is 138 Å². The van der Waals surface area contributed by atoms with Gasteiger partial charge in [-0.05, 0) is 48.0 Å². The molecule has 0 aliphatic carbocycles. The van der Waals surface area contributed by atoms with E-state index in [-0.39, 0.29) is 4.90 Å². The maximum Gasteiger partial charge on any atom is 0.282 e. The highest BCUT2D eigenvalue weighted by Gasteiger charge is 2.10. The van der Waals surface area contributed by atoms with Crippen LogP contribution in [0.3, 0.4) is 0 Å². The Kier molecular flexibility index (Phi) is 5.51. The predicted molar refractivity (Wildman–Crippen MR) is 91.8 cm³/mol. The van der Waals surface area contributed by atoms with Crippen LogP contribution >= 0.6 is 15.9 Å². The minimum absolute atomic E-state index is 0.126. The summed E-state index contributed by atoms with van der Waals surface area (Å²) in [5.41, 5.74) is 0.955.